The maximum Gasteiger partial charge on any atom is 0.252 e. The lowest BCUT2D eigenvalue weighted by Crippen LogP contribution is -2.62. The van der Waals surface area contributed by atoms with Gasteiger partial charge in [0.1, 0.15) is 0 Å². The standard InChI is InChI=1S/C82H83BN2/c1-77(2,3)61-39-41-71(66(48-61)58-45-56(54-28-19-15-20-29-54)44-57(46-58)55-30-21-16-22-31-55)85-73-53-68-67(79(7,8)42-43-80(68,9)10)52-70(73)83-69-40-38-63(82(13,14)60-34-25-18-26-35-60)49-72(69)84(74-50-64(78(4,5)6)51-75(85)76(74)83)65-37-27-36-62(47-65)81(11,12)59-32-23-17-24-33-59/h15-41,44-53H,42-43H2,1-14H3. The molecule has 13 rings (SSSR count). The summed E-state index contributed by atoms with van der Waals surface area (Å²) in [6.07, 6.45) is 2.26. The third-order valence-electron chi connectivity index (χ3n) is 20.0. The zero-order chi connectivity index (χ0) is 59.6. The number of nitrogens with zero attached hydrogens (tertiary/aromatic N) is 2. The lowest BCUT2D eigenvalue weighted by molar-refractivity contribution is 0.332. The molecule has 2 nitrogen and oxygen atoms in total. The quantitative estimate of drug-likeness (QED) is 0.133. The van der Waals surface area contributed by atoms with Gasteiger partial charge in [-0.05, 0) is 190 Å². The minimum Gasteiger partial charge on any atom is -0.311 e. The number of benzene rings is 10. The Kier molecular flexibility index (Phi) is 13.4. The van der Waals surface area contributed by atoms with E-state index < -0.39 is 0 Å². The summed E-state index contributed by atoms with van der Waals surface area (Å²) in [6, 6.07) is 86.4. The fourth-order valence-corrected chi connectivity index (χ4v) is 14.3. The summed E-state index contributed by atoms with van der Waals surface area (Å²) in [5.74, 6) is 0. The normalized spacial score (nSPS) is 15.2. The Bertz CT molecular complexity index is 4130. The smallest absolute Gasteiger partial charge is 0.252 e. The monoisotopic (exact) mass is 1110 g/mol. The molecular weight excluding hydrogens is 1020 g/mol. The summed E-state index contributed by atoms with van der Waals surface area (Å²) in [6.45, 7) is 33.7. The molecule has 0 radical (unpaired) electrons. The van der Waals surface area contributed by atoms with E-state index in [1.54, 1.807) is 0 Å². The van der Waals surface area contributed by atoms with E-state index in [0.29, 0.717) is 0 Å². The van der Waals surface area contributed by atoms with Crippen LogP contribution >= 0.6 is 0 Å². The highest BCUT2D eigenvalue weighted by molar-refractivity contribution is 7.00. The lowest BCUT2D eigenvalue weighted by atomic mass is 9.33. The summed E-state index contributed by atoms with van der Waals surface area (Å²) in [5, 5.41) is 0. The van der Waals surface area contributed by atoms with Crippen molar-refractivity contribution in [3.8, 4) is 33.4 Å². The Balaban J connectivity index is 1.16. The van der Waals surface area contributed by atoms with Crippen LogP contribution in [0.25, 0.3) is 33.4 Å². The molecule has 0 bridgehead atoms. The Labute approximate surface area is 508 Å². The van der Waals surface area contributed by atoms with Crippen LogP contribution in [0.1, 0.15) is 154 Å². The molecule has 0 saturated carbocycles. The van der Waals surface area contributed by atoms with E-state index in [2.05, 4.69) is 331 Å². The minimum atomic E-state index is -0.276. The van der Waals surface area contributed by atoms with Crippen molar-refractivity contribution in [1.29, 1.82) is 0 Å². The van der Waals surface area contributed by atoms with E-state index in [0.717, 1.165) is 18.5 Å². The van der Waals surface area contributed by atoms with Crippen LogP contribution in [0.4, 0.5) is 34.1 Å². The first-order valence-electron chi connectivity index (χ1n) is 31.1. The molecule has 1 aliphatic carbocycles. The van der Waals surface area contributed by atoms with Crippen LogP contribution in [0.15, 0.2) is 224 Å². The third-order valence-corrected chi connectivity index (χ3v) is 20.0. The number of anilines is 6. The molecule has 3 heteroatoms. The number of hydrogen-bond donors (Lipinski definition) is 0. The first kappa shape index (κ1) is 56.0. The average Bonchev–Trinajstić information content (AvgIpc) is 0.779. The van der Waals surface area contributed by atoms with Crippen molar-refractivity contribution in [2.75, 3.05) is 9.80 Å². The van der Waals surface area contributed by atoms with Gasteiger partial charge in [-0.15, -0.1) is 0 Å². The zero-order valence-corrected chi connectivity index (χ0v) is 52.7. The molecule has 2 aliphatic heterocycles. The SMILES string of the molecule is CC(C)(C)c1ccc(N2c3cc4c(cc3B3c5ccc(C(C)(C)c6ccccc6)cc5N(c5cccc(C(C)(C)c6ccccc6)c5)c5cc(C(C)(C)C)cc2c53)C(C)(C)CCC4(C)C)c(-c2cc(-c3ccccc3)cc(-c3ccccc3)c2)c1. The summed E-state index contributed by atoms with van der Waals surface area (Å²) in [5.41, 5.74) is 28.4. The Morgan fingerprint density at radius 1 is 0.318 bits per heavy atom. The van der Waals surface area contributed by atoms with E-state index >= 15 is 0 Å². The molecule has 3 aliphatic rings. The van der Waals surface area contributed by atoms with Gasteiger partial charge in [0.2, 0.25) is 0 Å². The zero-order valence-electron chi connectivity index (χ0n) is 52.7. The van der Waals surface area contributed by atoms with Crippen LogP contribution in [0.3, 0.4) is 0 Å². The third kappa shape index (κ3) is 9.67. The largest absolute Gasteiger partial charge is 0.311 e. The molecule has 2 heterocycles. The first-order valence-corrected chi connectivity index (χ1v) is 31.1. The molecule has 0 unspecified atom stereocenters. The van der Waals surface area contributed by atoms with Crippen molar-refractivity contribution in [3.05, 3.63) is 269 Å². The highest BCUT2D eigenvalue weighted by Gasteiger charge is 2.48. The predicted molar refractivity (Wildman–Crippen MR) is 367 cm³/mol. The Morgan fingerprint density at radius 3 is 1.31 bits per heavy atom. The van der Waals surface area contributed by atoms with E-state index in [1.807, 2.05) is 0 Å². The predicted octanol–water partition coefficient (Wildman–Crippen LogP) is 20.4. The molecular formula is C82H83BN2. The van der Waals surface area contributed by atoms with Crippen LogP contribution < -0.4 is 26.2 Å². The van der Waals surface area contributed by atoms with E-state index in [-0.39, 0.29) is 39.2 Å². The van der Waals surface area contributed by atoms with Gasteiger partial charge < -0.3 is 9.80 Å². The van der Waals surface area contributed by atoms with E-state index in [4.69, 9.17) is 0 Å². The van der Waals surface area contributed by atoms with Crippen molar-refractivity contribution in [3.63, 3.8) is 0 Å². The molecule has 0 aromatic heterocycles. The van der Waals surface area contributed by atoms with Crippen LogP contribution in [0, 0.1) is 0 Å². The lowest BCUT2D eigenvalue weighted by Gasteiger charge is -2.48. The van der Waals surface area contributed by atoms with Crippen molar-refractivity contribution in [2.45, 2.75) is 142 Å². The topological polar surface area (TPSA) is 6.48 Å². The summed E-state index contributed by atoms with van der Waals surface area (Å²) < 4.78 is 0. The second kappa shape index (κ2) is 20.3. The van der Waals surface area contributed by atoms with Gasteiger partial charge in [-0.3, -0.25) is 0 Å². The molecule has 85 heavy (non-hydrogen) atoms. The van der Waals surface area contributed by atoms with Crippen LogP contribution in [0.5, 0.6) is 0 Å². The van der Waals surface area contributed by atoms with Crippen molar-refractivity contribution >= 4 is 57.2 Å². The van der Waals surface area contributed by atoms with Crippen molar-refractivity contribution in [1.82, 2.24) is 0 Å². The second-order valence-corrected chi connectivity index (χ2v) is 29.3. The van der Waals surface area contributed by atoms with Crippen molar-refractivity contribution in [2.24, 2.45) is 0 Å². The summed E-state index contributed by atoms with van der Waals surface area (Å²) in [7, 11) is 0. The molecule has 0 spiro atoms. The van der Waals surface area contributed by atoms with Gasteiger partial charge in [0.15, 0.2) is 0 Å². The van der Waals surface area contributed by atoms with Crippen LogP contribution in [-0.2, 0) is 32.5 Å². The number of fused-ring (bicyclic) bond motifs is 5. The Morgan fingerprint density at radius 2 is 0.765 bits per heavy atom. The highest BCUT2D eigenvalue weighted by Crippen LogP contribution is 2.54. The van der Waals surface area contributed by atoms with Gasteiger partial charge in [-0.2, -0.15) is 0 Å². The minimum absolute atomic E-state index is 0.0196. The van der Waals surface area contributed by atoms with Gasteiger partial charge in [-0.1, -0.05) is 255 Å². The van der Waals surface area contributed by atoms with Gasteiger partial charge in [0.25, 0.3) is 6.71 Å². The summed E-state index contributed by atoms with van der Waals surface area (Å²) >= 11 is 0. The molecule has 10 aromatic rings. The first-order chi connectivity index (χ1) is 40.4. The van der Waals surface area contributed by atoms with E-state index in [9.17, 15) is 0 Å². The molecule has 0 fully saturated rings. The van der Waals surface area contributed by atoms with Gasteiger partial charge >= 0.3 is 0 Å². The van der Waals surface area contributed by atoms with Crippen molar-refractivity contribution < 1.29 is 0 Å². The molecule has 0 N–H and O–H groups in total. The van der Waals surface area contributed by atoms with E-state index in [1.165, 1.54) is 123 Å². The van der Waals surface area contributed by atoms with Gasteiger partial charge in [0.05, 0.1) is 5.69 Å². The average molecular weight is 1110 g/mol. The second-order valence-electron chi connectivity index (χ2n) is 29.3. The maximum absolute atomic E-state index is 2.74. The Hall–Kier alpha value is -8.14. The molecule has 424 valence electrons. The number of hydrogen-bond acceptors (Lipinski definition) is 2. The van der Waals surface area contributed by atoms with Crippen LogP contribution in [-0.4, -0.2) is 6.71 Å². The van der Waals surface area contributed by atoms with Crippen LogP contribution in [0.2, 0.25) is 0 Å². The highest BCUT2D eigenvalue weighted by atomic mass is 15.2. The fraction of sp³-hybridized carbons (Fsp3) is 0.268. The molecule has 10 aromatic carbocycles. The van der Waals surface area contributed by atoms with Gasteiger partial charge in [0, 0.05) is 44.8 Å². The molecule has 0 amide bonds. The summed E-state index contributed by atoms with van der Waals surface area (Å²) in [4.78, 5) is 5.41. The maximum atomic E-state index is 2.74. The molecule has 0 saturated heterocycles. The van der Waals surface area contributed by atoms with Gasteiger partial charge in [-0.25, -0.2) is 0 Å². The number of rotatable bonds is 9. The fourth-order valence-electron chi connectivity index (χ4n) is 14.3. The molecule has 0 atom stereocenters.